The highest BCUT2D eigenvalue weighted by molar-refractivity contribution is 6.74. The Morgan fingerprint density at radius 2 is 1.75 bits per heavy atom. The third kappa shape index (κ3) is 6.75. The zero-order valence-electron chi connectivity index (χ0n) is 16.1. The second-order valence-electron chi connectivity index (χ2n) is 7.76. The fourth-order valence-corrected chi connectivity index (χ4v) is 2.98. The van der Waals surface area contributed by atoms with E-state index in [4.69, 9.17) is 13.9 Å². The lowest BCUT2D eigenvalue weighted by molar-refractivity contribution is -0.121. The van der Waals surface area contributed by atoms with Gasteiger partial charge in [0.15, 0.2) is 8.32 Å². The molecule has 0 saturated carbocycles. The number of Topliss-reactive ketones (excluding diaryl/α,β-unsaturated/α-hetero) is 1. The van der Waals surface area contributed by atoms with E-state index in [0.717, 1.165) is 11.3 Å². The van der Waals surface area contributed by atoms with Crippen molar-refractivity contribution >= 4 is 14.1 Å². The Balaban J connectivity index is 2.63. The summed E-state index contributed by atoms with van der Waals surface area (Å²) < 4.78 is 17.3. The first kappa shape index (κ1) is 20.9. The average Bonchev–Trinajstić information content (AvgIpc) is 2.49. The smallest absolute Gasteiger partial charge is 0.192 e. The third-order valence-electron chi connectivity index (χ3n) is 4.60. The van der Waals surface area contributed by atoms with Crippen LogP contribution in [0.25, 0.3) is 0 Å². The van der Waals surface area contributed by atoms with E-state index in [1.165, 1.54) is 0 Å². The lowest BCUT2D eigenvalue weighted by atomic mass is 10.2. The normalized spacial score (nSPS) is 13.6. The van der Waals surface area contributed by atoms with Gasteiger partial charge in [-0.3, -0.25) is 4.79 Å². The molecule has 1 atom stereocenters. The zero-order valence-corrected chi connectivity index (χ0v) is 17.1. The lowest BCUT2D eigenvalue weighted by Gasteiger charge is -2.37. The average molecular weight is 353 g/mol. The van der Waals surface area contributed by atoms with E-state index in [1.54, 1.807) is 14.0 Å². The van der Waals surface area contributed by atoms with Crippen LogP contribution in [0.2, 0.25) is 18.1 Å². The molecule has 24 heavy (non-hydrogen) atoms. The van der Waals surface area contributed by atoms with Gasteiger partial charge in [0, 0.05) is 6.42 Å². The van der Waals surface area contributed by atoms with Gasteiger partial charge in [-0.2, -0.15) is 0 Å². The van der Waals surface area contributed by atoms with Crippen molar-refractivity contribution in [2.45, 2.75) is 65.0 Å². The number of carbonyl (C=O) groups is 1. The molecule has 0 radical (unpaired) electrons. The third-order valence-corrected chi connectivity index (χ3v) is 9.10. The lowest BCUT2D eigenvalue weighted by Crippen LogP contribution is -2.43. The minimum atomic E-state index is -1.85. The number of ether oxygens (including phenoxy) is 2. The molecule has 1 aromatic carbocycles. The largest absolute Gasteiger partial charge is 0.497 e. The van der Waals surface area contributed by atoms with Crippen LogP contribution in [-0.2, 0) is 20.6 Å². The van der Waals surface area contributed by atoms with Gasteiger partial charge in [-0.1, -0.05) is 32.9 Å². The summed E-state index contributed by atoms with van der Waals surface area (Å²) in [6, 6.07) is 7.76. The van der Waals surface area contributed by atoms with Crippen molar-refractivity contribution in [3.05, 3.63) is 29.8 Å². The van der Waals surface area contributed by atoms with Crippen LogP contribution >= 0.6 is 0 Å². The first-order valence-corrected chi connectivity index (χ1v) is 11.3. The van der Waals surface area contributed by atoms with Gasteiger partial charge in [0.1, 0.15) is 11.5 Å². The van der Waals surface area contributed by atoms with Gasteiger partial charge in [0.05, 0.1) is 26.4 Å². The maximum absolute atomic E-state index is 11.5. The van der Waals surface area contributed by atoms with E-state index < -0.39 is 8.32 Å². The number of hydrogen-bond acceptors (Lipinski definition) is 4. The van der Waals surface area contributed by atoms with Crippen LogP contribution in [-0.4, -0.2) is 33.9 Å². The Morgan fingerprint density at radius 1 is 1.17 bits per heavy atom. The number of rotatable bonds is 9. The molecule has 4 nitrogen and oxygen atoms in total. The molecule has 0 aliphatic rings. The Kier molecular flexibility index (Phi) is 7.64. The van der Waals surface area contributed by atoms with E-state index in [-0.39, 0.29) is 16.9 Å². The van der Waals surface area contributed by atoms with Crippen LogP contribution in [0.15, 0.2) is 24.3 Å². The van der Waals surface area contributed by atoms with Crippen molar-refractivity contribution < 1.29 is 18.7 Å². The molecule has 0 aromatic heterocycles. The maximum atomic E-state index is 11.5. The van der Waals surface area contributed by atoms with Crippen LogP contribution in [0.3, 0.4) is 0 Å². The molecule has 0 fully saturated rings. The summed E-state index contributed by atoms with van der Waals surface area (Å²) in [5.74, 6) is 0.939. The molecule has 0 amide bonds. The molecule has 1 aromatic rings. The molecule has 0 unspecified atom stereocenters. The maximum Gasteiger partial charge on any atom is 0.192 e. The first-order valence-electron chi connectivity index (χ1n) is 8.43. The van der Waals surface area contributed by atoms with Crippen molar-refractivity contribution in [1.29, 1.82) is 0 Å². The van der Waals surface area contributed by atoms with Crippen LogP contribution in [0.1, 0.15) is 39.7 Å². The van der Waals surface area contributed by atoms with Crippen molar-refractivity contribution in [3.8, 4) is 5.75 Å². The minimum absolute atomic E-state index is 0.119. The number of carbonyl (C=O) groups excluding carboxylic acids is 1. The Hall–Kier alpha value is -1.17. The summed E-state index contributed by atoms with van der Waals surface area (Å²) in [7, 11) is -0.202. The molecule has 136 valence electrons. The van der Waals surface area contributed by atoms with Crippen molar-refractivity contribution in [2.24, 2.45) is 0 Å². The predicted octanol–water partition coefficient (Wildman–Crippen LogP) is 4.58. The fourth-order valence-electron chi connectivity index (χ4n) is 1.94. The Morgan fingerprint density at radius 3 is 2.21 bits per heavy atom. The monoisotopic (exact) mass is 352 g/mol. The summed E-state index contributed by atoms with van der Waals surface area (Å²) in [6.07, 6.45) is 0.170. The van der Waals surface area contributed by atoms with Gasteiger partial charge < -0.3 is 13.9 Å². The van der Waals surface area contributed by atoms with E-state index in [9.17, 15) is 4.79 Å². The zero-order chi connectivity index (χ0) is 18.4. The van der Waals surface area contributed by atoms with Crippen LogP contribution in [0.5, 0.6) is 5.75 Å². The van der Waals surface area contributed by atoms with Crippen molar-refractivity contribution in [1.82, 2.24) is 0 Å². The Bertz CT molecular complexity index is 517. The van der Waals surface area contributed by atoms with Gasteiger partial charge in [0.25, 0.3) is 0 Å². The second kappa shape index (κ2) is 8.79. The molecule has 1 rings (SSSR count). The van der Waals surface area contributed by atoms with E-state index >= 15 is 0 Å². The number of ketones is 1. The number of benzene rings is 1. The molecule has 0 saturated heterocycles. The van der Waals surface area contributed by atoms with Gasteiger partial charge in [-0.15, -0.1) is 0 Å². The van der Waals surface area contributed by atoms with Gasteiger partial charge in [-0.25, -0.2) is 0 Å². The van der Waals surface area contributed by atoms with E-state index in [0.29, 0.717) is 19.6 Å². The van der Waals surface area contributed by atoms with Crippen LogP contribution in [0.4, 0.5) is 0 Å². The number of methoxy groups -OCH3 is 1. The molecule has 0 N–H and O–H groups in total. The van der Waals surface area contributed by atoms with Crippen LogP contribution < -0.4 is 4.74 Å². The summed E-state index contributed by atoms with van der Waals surface area (Å²) >= 11 is 0. The minimum Gasteiger partial charge on any atom is -0.497 e. The van der Waals surface area contributed by atoms with Gasteiger partial charge in [-0.05, 0) is 42.8 Å². The fraction of sp³-hybridized carbons (Fsp3) is 0.632. The van der Waals surface area contributed by atoms with Crippen molar-refractivity contribution in [2.75, 3.05) is 13.7 Å². The molecule has 5 heteroatoms. The van der Waals surface area contributed by atoms with Gasteiger partial charge in [0.2, 0.25) is 0 Å². The van der Waals surface area contributed by atoms with Crippen molar-refractivity contribution in [3.63, 3.8) is 0 Å². The highest BCUT2D eigenvalue weighted by atomic mass is 28.4. The highest BCUT2D eigenvalue weighted by Crippen LogP contribution is 2.36. The molecular formula is C19H32O4Si. The molecule has 0 aliphatic heterocycles. The van der Waals surface area contributed by atoms with E-state index in [2.05, 4.69) is 33.9 Å². The topological polar surface area (TPSA) is 44.8 Å². The Labute approximate surface area is 147 Å². The molecular weight excluding hydrogens is 320 g/mol. The molecule has 0 spiro atoms. The SMILES string of the molecule is COc1ccc(CO[C@H](CO[Si](C)(C)C(C)(C)C)CC(C)=O)cc1. The molecule has 0 heterocycles. The van der Waals surface area contributed by atoms with Gasteiger partial charge >= 0.3 is 0 Å². The summed E-state index contributed by atoms with van der Waals surface area (Å²) in [5.41, 5.74) is 1.05. The predicted molar refractivity (Wildman–Crippen MR) is 100 cm³/mol. The summed E-state index contributed by atoms with van der Waals surface area (Å²) in [4.78, 5) is 11.5. The molecule has 0 aliphatic carbocycles. The highest BCUT2D eigenvalue weighted by Gasteiger charge is 2.37. The number of hydrogen-bond donors (Lipinski definition) is 0. The van der Waals surface area contributed by atoms with E-state index in [1.807, 2.05) is 24.3 Å². The molecule has 0 bridgehead atoms. The first-order chi connectivity index (χ1) is 11.0. The summed E-state index contributed by atoms with van der Waals surface area (Å²) in [6.45, 7) is 13.6. The standard InChI is InChI=1S/C19H32O4Si/c1-15(20)12-18(14-23-24(6,7)19(2,3)4)22-13-16-8-10-17(21-5)11-9-16/h8-11,18H,12-14H2,1-7H3/t18-/m0/s1. The quantitative estimate of drug-likeness (QED) is 0.610. The van der Waals surface area contributed by atoms with Crippen LogP contribution in [0, 0.1) is 0 Å². The summed E-state index contributed by atoms with van der Waals surface area (Å²) in [5, 5.41) is 0.143. The second-order valence-corrected chi connectivity index (χ2v) is 12.6.